The Labute approximate surface area is 174 Å². The van der Waals surface area contributed by atoms with Crippen LogP contribution in [-0.4, -0.2) is 24.1 Å². The first-order chi connectivity index (χ1) is 13.5. The summed E-state index contributed by atoms with van der Waals surface area (Å²) < 4.78 is 9.34. The maximum atomic E-state index is 12.1. The fourth-order valence-electron chi connectivity index (χ4n) is 2.70. The van der Waals surface area contributed by atoms with Crippen LogP contribution in [-0.2, 0) is 12.8 Å². The Hall–Kier alpha value is -2.36. The summed E-state index contributed by atoms with van der Waals surface area (Å²) in [5, 5.41) is 11.7. The Balaban J connectivity index is 1.47. The number of fused-ring (bicyclic) bond motifs is 1. The van der Waals surface area contributed by atoms with E-state index in [2.05, 4.69) is 15.2 Å². The second-order valence-corrected chi connectivity index (χ2v) is 8.30. The molecule has 0 spiro atoms. The molecule has 0 N–H and O–H groups in total. The first-order valence-corrected chi connectivity index (χ1v) is 10.7. The number of benzene rings is 1. The Morgan fingerprint density at radius 2 is 2.18 bits per heavy atom. The monoisotopic (exact) mass is 433 g/mol. The molecule has 4 aromatic rings. The molecule has 0 saturated heterocycles. The fourth-order valence-corrected chi connectivity index (χ4v) is 4.43. The van der Waals surface area contributed by atoms with Crippen LogP contribution in [0.5, 0.6) is 5.75 Å². The van der Waals surface area contributed by atoms with Gasteiger partial charge in [0.2, 0.25) is 0 Å². The van der Waals surface area contributed by atoms with E-state index in [1.807, 2.05) is 36.1 Å². The second-order valence-electron chi connectivity index (χ2n) is 6.05. The number of ether oxygens (including phenoxy) is 1. The van der Waals surface area contributed by atoms with Crippen LogP contribution in [0.15, 0.2) is 51.9 Å². The molecule has 0 saturated carbocycles. The van der Waals surface area contributed by atoms with E-state index < -0.39 is 0 Å². The zero-order valence-corrected chi connectivity index (χ0v) is 17.5. The first kappa shape index (κ1) is 19.0. The Morgan fingerprint density at radius 1 is 1.32 bits per heavy atom. The van der Waals surface area contributed by atoms with Gasteiger partial charge in [0, 0.05) is 35.5 Å². The van der Waals surface area contributed by atoms with E-state index in [4.69, 9.17) is 16.3 Å². The standard InChI is InChI=1S/C18H16ClN5O2S2/c1-11(26-14-5-3-4-12(19)8-14)16-21-22-18(23(16)2)28-10-13-9-15(25)24-6-7-27-17(24)20-13/h3-9,11H,10H2,1-2H3. The van der Waals surface area contributed by atoms with E-state index in [0.29, 0.717) is 33.0 Å². The molecule has 1 aromatic carbocycles. The predicted molar refractivity (Wildman–Crippen MR) is 110 cm³/mol. The van der Waals surface area contributed by atoms with Crippen LogP contribution >= 0.6 is 34.7 Å². The molecule has 0 radical (unpaired) electrons. The summed E-state index contributed by atoms with van der Waals surface area (Å²) in [6, 6.07) is 8.79. The van der Waals surface area contributed by atoms with Crippen LogP contribution in [0.25, 0.3) is 4.96 Å². The van der Waals surface area contributed by atoms with Crippen molar-refractivity contribution >= 4 is 39.7 Å². The Morgan fingerprint density at radius 3 is 3.00 bits per heavy atom. The topological polar surface area (TPSA) is 74.3 Å². The van der Waals surface area contributed by atoms with Crippen molar-refractivity contribution in [3.05, 3.63) is 68.8 Å². The van der Waals surface area contributed by atoms with Gasteiger partial charge in [-0.1, -0.05) is 29.4 Å². The third-order valence-corrected chi connectivity index (χ3v) is 6.09. The number of hydrogen-bond donors (Lipinski definition) is 0. The Bertz CT molecular complexity index is 1190. The number of aromatic nitrogens is 5. The highest BCUT2D eigenvalue weighted by Crippen LogP contribution is 2.26. The van der Waals surface area contributed by atoms with Crippen molar-refractivity contribution in [1.82, 2.24) is 24.1 Å². The molecule has 7 nitrogen and oxygen atoms in total. The lowest BCUT2D eigenvalue weighted by atomic mass is 10.3. The maximum absolute atomic E-state index is 12.1. The number of nitrogens with zero attached hydrogens (tertiary/aromatic N) is 5. The van der Waals surface area contributed by atoms with Gasteiger partial charge in [0.25, 0.3) is 5.56 Å². The minimum atomic E-state index is -0.296. The molecule has 4 rings (SSSR count). The van der Waals surface area contributed by atoms with Crippen LogP contribution in [0, 0.1) is 0 Å². The van der Waals surface area contributed by atoms with Crippen molar-refractivity contribution < 1.29 is 4.74 Å². The van der Waals surface area contributed by atoms with Crippen molar-refractivity contribution in [3.63, 3.8) is 0 Å². The number of thioether (sulfide) groups is 1. The quantitative estimate of drug-likeness (QED) is 0.428. The van der Waals surface area contributed by atoms with Crippen molar-refractivity contribution in [2.75, 3.05) is 0 Å². The largest absolute Gasteiger partial charge is 0.483 e. The highest BCUT2D eigenvalue weighted by molar-refractivity contribution is 7.98. The summed E-state index contributed by atoms with van der Waals surface area (Å²) in [7, 11) is 1.89. The van der Waals surface area contributed by atoms with Gasteiger partial charge < -0.3 is 9.30 Å². The van der Waals surface area contributed by atoms with Gasteiger partial charge in [-0.3, -0.25) is 9.20 Å². The maximum Gasteiger partial charge on any atom is 0.258 e. The highest BCUT2D eigenvalue weighted by atomic mass is 35.5. The van der Waals surface area contributed by atoms with Gasteiger partial charge in [-0.25, -0.2) is 4.98 Å². The molecular formula is C18H16ClN5O2S2. The highest BCUT2D eigenvalue weighted by Gasteiger charge is 2.18. The Kier molecular flexibility index (Phi) is 5.38. The number of thiazole rings is 1. The second kappa shape index (κ2) is 7.94. The summed E-state index contributed by atoms with van der Waals surface area (Å²) >= 11 is 8.91. The zero-order chi connectivity index (χ0) is 19.7. The minimum absolute atomic E-state index is 0.0796. The summed E-state index contributed by atoms with van der Waals surface area (Å²) in [4.78, 5) is 17.3. The van der Waals surface area contributed by atoms with Crippen LogP contribution in [0.3, 0.4) is 0 Å². The van der Waals surface area contributed by atoms with E-state index in [9.17, 15) is 4.79 Å². The van der Waals surface area contributed by atoms with E-state index in [0.717, 1.165) is 5.16 Å². The minimum Gasteiger partial charge on any atom is -0.483 e. The number of hydrogen-bond acceptors (Lipinski definition) is 7. The van der Waals surface area contributed by atoms with Crippen LogP contribution in [0.4, 0.5) is 0 Å². The lowest BCUT2D eigenvalue weighted by molar-refractivity contribution is 0.211. The van der Waals surface area contributed by atoms with Crippen molar-refractivity contribution in [2.45, 2.75) is 23.9 Å². The van der Waals surface area contributed by atoms with Crippen molar-refractivity contribution in [1.29, 1.82) is 0 Å². The molecule has 0 fully saturated rings. The molecule has 3 heterocycles. The lowest BCUT2D eigenvalue weighted by Gasteiger charge is -2.14. The van der Waals surface area contributed by atoms with Gasteiger partial charge in [-0.05, 0) is 25.1 Å². The van der Waals surface area contributed by atoms with Crippen molar-refractivity contribution in [3.8, 4) is 5.75 Å². The number of rotatable bonds is 6. The van der Waals surface area contributed by atoms with Crippen LogP contribution in [0.1, 0.15) is 24.5 Å². The predicted octanol–water partition coefficient (Wildman–Crippen LogP) is 3.97. The molecule has 144 valence electrons. The summed E-state index contributed by atoms with van der Waals surface area (Å²) in [6.45, 7) is 1.91. The summed E-state index contributed by atoms with van der Waals surface area (Å²) in [6.07, 6.45) is 1.43. The SMILES string of the molecule is CC(Oc1cccc(Cl)c1)c1nnc(SCc2cc(=O)n3ccsc3n2)n1C. The third kappa shape index (κ3) is 3.91. The molecule has 3 aromatic heterocycles. The molecular weight excluding hydrogens is 418 g/mol. The van der Waals surface area contributed by atoms with Crippen molar-refractivity contribution in [2.24, 2.45) is 7.05 Å². The molecule has 0 aliphatic rings. The van der Waals surface area contributed by atoms with Crippen LogP contribution < -0.4 is 10.3 Å². The molecule has 0 amide bonds. The molecule has 0 aliphatic carbocycles. The van der Waals surface area contributed by atoms with E-state index >= 15 is 0 Å². The molecule has 1 atom stereocenters. The van der Waals surface area contributed by atoms with Crippen LogP contribution in [0.2, 0.25) is 5.02 Å². The first-order valence-electron chi connectivity index (χ1n) is 8.41. The molecule has 1 unspecified atom stereocenters. The number of halogens is 1. The summed E-state index contributed by atoms with van der Waals surface area (Å²) in [5.74, 6) is 1.90. The van der Waals surface area contributed by atoms with E-state index in [1.165, 1.54) is 27.5 Å². The average Bonchev–Trinajstić information content (AvgIpc) is 3.27. The smallest absolute Gasteiger partial charge is 0.258 e. The zero-order valence-electron chi connectivity index (χ0n) is 15.1. The van der Waals surface area contributed by atoms with Gasteiger partial charge >= 0.3 is 0 Å². The lowest BCUT2D eigenvalue weighted by Crippen LogP contribution is -2.12. The van der Waals surface area contributed by atoms with Gasteiger partial charge in [0.05, 0.1) is 5.69 Å². The molecule has 0 aliphatic heterocycles. The summed E-state index contributed by atoms with van der Waals surface area (Å²) in [5.41, 5.74) is 0.634. The molecule has 10 heteroatoms. The molecule has 0 bridgehead atoms. The molecule has 28 heavy (non-hydrogen) atoms. The van der Waals surface area contributed by atoms with E-state index in [1.54, 1.807) is 24.4 Å². The average molecular weight is 434 g/mol. The van der Waals surface area contributed by atoms with E-state index in [-0.39, 0.29) is 11.7 Å². The normalized spacial score (nSPS) is 12.4. The van der Waals surface area contributed by atoms with Gasteiger partial charge in [0.15, 0.2) is 22.0 Å². The van der Waals surface area contributed by atoms with Gasteiger partial charge in [0.1, 0.15) is 5.75 Å². The van der Waals surface area contributed by atoms with Gasteiger partial charge in [-0.2, -0.15) is 0 Å². The van der Waals surface area contributed by atoms with Gasteiger partial charge in [-0.15, -0.1) is 21.5 Å². The fraction of sp³-hybridized carbons (Fsp3) is 0.222. The third-order valence-electron chi connectivity index (χ3n) is 4.05.